The van der Waals surface area contributed by atoms with Crippen LogP contribution in [0.25, 0.3) is 0 Å². The highest BCUT2D eigenvalue weighted by atomic mass is 32.2. The van der Waals surface area contributed by atoms with Crippen LogP contribution in [0.1, 0.15) is 11.7 Å². The van der Waals surface area contributed by atoms with E-state index in [1.54, 1.807) is 0 Å². The predicted octanol–water partition coefficient (Wildman–Crippen LogP) is 3.45. The minimum atomic E-state index is -0.294. The Kier molecular flexibility index (Phi) is 3.17. The Morgan fingerprint density at radius 1 is 0.944 bits per heavy atom. The molecule has 1 fully saturated rings. The van der Waals surface area contributed by atoms with Gasteiger partial charge in [-0.15, -0.1) is 0 Å². The number of epoxide rings is 1. The van der Waals surface area contributed by atoms with Gasteiger partial charge in [0.2, 0.25) is 5.12 Å². The number of benzene rings is 2. The summed E-state index contributed by atoms with van der Waals surface area (Å²) in [5.74, 6) is 0. The molecule has 0 amide bonds. The lowest BCUT2D eigenvalue weighted by Gasteiger charge is -1.97. The third-order valence-corrected chi connectivity index (χ3v) is 3.76. The van der Waals surface area contributed by atoms with Crippen LogP contribution in [-0.2, 0) is 9.53 Å². The number of rotatable bonds is 3. The van der Waals surface area contributed by atoms with Crippen molar-refractivity contribution >= 4 is 16.9 Å². The zero-order valence-corrected chi connectivity index (χ0v) is 10.5. The van der Waals surface area contributed by atoms with E-state index >= 15 is 0 Å². The molecule has 2 aromatic rings. The molecule has 0 aliphatic carbocycles. The van der Waals surface area contributed by atoms with Gasteiger partial charge in [0, 0.05) is 4.90 Å². The second-order valence-corrected chi connectivity index (χ2v) is 5.20. The zero-order chi connectivity index (χ0) is 12.4. The highest BCUT2D eigenvalue weighted by Crippen LogP contribution is 2.42. The number of ether oxygens (including phenoxy) is 1. The molecule has 1 heterocycles. The van der Waals surface area contributed by atoms with Crippen molar-refractivity contribution in [1.29, 1.82) is 0 Å². The van der Waals surface area contributed by atoms with Crippen molar-refractivity contribution in [2.45, 2.75) is 17.1 Å². The van der Waals surface area contributed by atoms with Crippen molar-refractivity contribution in [3.8, 4) is 0 Å². The Labute approximate surface area is 110 Å². The fourth-order valence-corrected chi connectivity index (χ4v) is 2.67. The number of thioether (sulfide) groups is 1. The smallest absolute Gasteiger partial charge is 0.225 e. The van der Waals surface area contributed by atoms with Gasteiger partial charge >= 0.3 is 0 Å². The molecule has 0 spiro atoms. The van der Waals surface area contributed by atoms with Crippen molar-refractivity contribution in [2.75, 3.05) is 0 Å². The molecule has 1 saturated heterocycles. The summed E-state index contributed by atoms with van der Waals surface area (Å²) in [5.41, 5.74) is 1.07. The number of hydrogen-bond acceptors (Lipinski definition) is 3. The van der Waals surface area contributed by atoms with Crippen molar-refractivity contribution < 1.29 is 9.53 Å². The molecule has 3 rings (SSSR count). The Morgan fingerprint density at radius 2 is 1.56 bits per heavy atom. The molecule has 2 atom stereocenters. The third kappa shape index (κ3) is 2.47. The first kappa shape index (κ1) is 11.5. The first-order chi connectivity index (χ1) is 8.84. The van der Waals surface area contributed by atoms with E-state index in [2.05, 4.69) is 0 Å². The first-order valence-corrected chi connectivity index (χ1v) is 6.63. The molecule has 0 N–H and O–H groups in total. The molecular formula is C15H12O2S. The van der Waals surface area contributed by atoms with Gasteiger partial charge in [0.15, 0.2) is 6.10 Å². The Hall–Kier alpha value is -1.58. The largest absolute Gasteiger partial charge is 0.355 e. The molecular weight excluding hydrogens is 244 g/mol. The minimum Gasteiger partial charge on any atom is -0.355 e. The van der Waals surface area contributed by atoms with E-state index in [-0.39, 0.29) is 17.3 Å². The number of carbonyl (C=O) groups excluding carboxylic acids is 1. The van der Waals surface area contributed by atoms with E-state index in [1.807, 2.05) is 60.7 Å². The average molecular weight is 256 g/mol. The van der Waals surface area contributed by atoms with Crippen molar-refractivity contribution in [1.82, 2.24) is 0 Å². The van der Waals surface area contributed by atoms with Crippen LogP contribution in [0.5, 0.6) is 0 Å². The fraction of sp³-hybridized carbons (Fsp3) is 0.133. The van der Waals surface area contributed by atoms with Crippen molar-refractivity contribution in [2.24, 2.45) is 0 Å². The zero-order valence-electron chi connectivity index (χ0n) is 9.65. The topological polar surface area (TPSA) is 29.6 Å². The van der Waals surface area contributed by atoms with Gasteiger partial charge in [0.1, 0.15) is 6.10 Å². The van der Waals surface area contributed by atoms with E-state index in [9.17, 15) is 4.79 Å². The maximum atomic E-state index is 12.0. The Morgan fingerprint density at radius 3 is 2.22 bits per heavy atom. The molecule has 90 valence electrons. The van der Waals surface area contributed by atoms with Crippen LogP contribution < -0.4 is 0 Å². The van der Waals surface area contributed by atoms with Crippen LogP contribution in [0.4, 0.5) is 0 Å². The van der Waals surface area contributed by atoms with E-state index in [0.29, 0.717) is 0 Å². The predicted molar refractivity (Wildman–Crippen MR) is 71.4 cm³/mol. The highest BCUT2D eigenvalue weighted by molar-refractivity contribution is 8.13. The van der Waals surface area contributed by atoms with Crippen molar-refractivity contribution in [3.05, 3.63) is 66.2 Å². The standard InChI is InChI=1S/C15H12O2S/c16-15(18-12-9-5-2-6-10-12)14-13(17-14)11-7-3-1-4-8-11/h1-10,13-14H/t13-,14-/m0/s1. The number of carbonyl (C=O) groups is 1. The highest BCUT2D eigenvalue weighted by Gasteiger charge is 2.46. The van der Waals surface area contributed by atoms with Gasteiger partial charge in [-0.2, -0.15) is 0 Å². The van der Waals surface area contributed by atoms with Gasteiger partial charge in [-0.05, 0) is 29.5 Å². The van der Waals surface area contributed by atoms with Gasteiger partial charge in [0.05, 0.1) is 0 Å². The molecule has 0 saturated carbocycles. The summed E-state index contributed by atoms with van der Waals surface area (Å²) in [4.78, 5) is 13.0. The molecule has 18 heavy (non-hydrogen) atoms. The molecule has 0 unspecified atom stereocenters. The van der Waals surface area contributed by atoms with E-state index in [1.165, 1.54) is 11.8 Å². The number of hydrogen-bond donors (Lipinski definition) is 0. The minimum absolute atomic E-state index is 0.0603. The SMILES string of the molecule is O=C(Sc1ccccc1)[C@H]1O[C@H]1c1ccccc1. The quantitative estimate of drug-likeness (QED) is 0.622. The summed E-state index contributed by atoms with van der Waals surface area (Å²) >= 11 is 1.25. The molecule has 1 aliphatic rings. The van der Waals surface area contributed by atoms with E-state index < -0.39 is 0 Å². The van der Waals surface area contributed by atoms with Crippen LogP contribution in [0.3, 0.4) is 0 Å². The maximum absolute atomic E-state index is 12.0. The van der Waals surface area contributed by atoms with Gasteiger partial charge in [-0.3, -0.25) is 4.79 Å². The second-order valence-electron chi connectivity index (χ2n) is 4.12. The molecule has 0 radical (unpaired) electrons. The van der Waals surface area contributed by atoms with E-state index in [4.69, 9.17) is 4.74 Å². The maximum Gasteiger partial charge on any atom is 0.225 e. The fourth-order valence-electron chi connectivity index (χ4n) is 1.85. The van der Waals surface area contributed by atoms with Gasteiger partial charge < -0.3 is 4.74 Å². The molecule has 1 aliphatic heterocycles. The second kappa shape index (κ2) is 4.96. The van der Waals surface area contributed by atoms with Crippen LogP contribution in [0.2, 0.25) is 0 Å². The van der Waals surface area contributed by atoms with Gasteiger partial charge in [-0.25, -0.2) is 0 Å². The monoisotopic (exact) mass is 256 g/mol. The van der Waals surface area contributed by atoms with Gasteiger partial charge in [-0.1, -0.05) is 48.5 Å². The lowest BCUT2D eigenvalue weighted by atomic mass is 10.1. The lowest BCUT2D eigenvalue weighted by molar-refractivity contribution is -0.112. The summed E-state index contributed by atoms with van der Waals surface area (Å²) in [5, 5.41) is 0.0788. The van der Waals surface area contributed by atoms with Crippen LogP contribution in [0.15, 0.2) is 65.6 Å². The molecule has 0 bridgehead atoms. The molecule has 0 aromatic heterocycles. The lowest BCUT2D eigenvalue weighted by Crippen LogP contribution is -2.02. The summed E-state index contributed by atoms with van der Waals surface area (Å²) in [6.45, 7) is 0. The molecule has 2 aromatic carbocycles. The normalized spacial score (nSPS) is 21.6. The van der Waals surface area contributed by atoms with Crippen LogP contribution in [0, 0.1) is 0 Å². The average Bonchev–Trinajstić information content (AvgIpc) is 3.21. The Bertz CT molecular complexity index is 539. The summed E-state index contributed by atoms with van der Waals surface area (Å²) in [7, 11) is 0. The van der Waals surface area contributed by atoms with E-state index in [0.717, 1.165) is 10.5 Å². The summed E-state index contributed by atoms with van der Waals surface area (Å²) < 4.78 is 5.47. The van der Waals surface area contributed by atoms with Crippen molar-refractivity contribution in [3.63, 3.8) is 0 Å². The molecule has 3 heteroatoms. The third-order valence-electron chi connectivity index (χ3n) is 2.81. The summed E-state index contributed by atoms with van der Waals surface area (Å²) in [6, 6.07) is 19.5. The van der Waals surface area contributed by atoms with Crippen LogP contribution in [-0.4, -0.2) is 11.2 Å². The molecule has 2 nitrogen and oxygen atoms in total. The Balaban J connectivity index is 1.63. The summed E-state index contributed by atoms with van der Waals surface area (Å²) in [6.07, 6.45) is -0.354. The first-order valence-electron chi connectivity index (χ1n) is 5.82. The van der Waals surface area contributed by atoms with Gasteiger partial charge in [0.25, 0.3) is 0 Å². The van der Waals surface area contributed by atoms with Crippen LogP contribution >= 0.6 is 11.8 Å².